The highest BCUT2D eigenvalue weighted by Crippen LogP contribution is 2.24. The quantitative estimate of drug-likeness (QED) is 0.639. The van der Waals surface area contributed by atoms with Crippen LogP contribution in [0.15, 0.2) is 0 Å². The third-order valence-electron chi connectivity index (χ3n) is 2.83. The van der Waals surface area contributed by atoms with Crippen LogP contribution in [0.1, 0.15) is 19.8 Å². The summed E-state index contributed by atoms with van der Waals surface area (Å²) in [6.07, 6.45) is 1.20. The molecule has 1 rings (SSSR count). The molecule has 3 N–H and O–H groups in total. The first kappa shape index (κ1) is 15.2. The maximum Gasteiger partial charge on any atom is 0.227 e. The van der Waals surface area contributed by atoms with Crippen molar-refractivity contribution < 1.29 is 9.59 Å². The predicted octanol–water partition coefficient (Wildman–Crippen LogP) is -0.340. The number of rotatable bonds is 4. The third kappa shape index (κ3) is 3.98. The molecule has 0 radical (unpaired) electrons. The zero-order valence-electron chi connectivity index (χ0n) is 9.76. The Morgan fingerprint density at radius 1 is 1.44 bits per heavy atom. The molecule has 6 heteroatoms. The van der Waals surface area contributed by atoms with E-state index >= 15 is 0 Å². The van der Waals surface area contributed by atoms with Crippen LogP contribution in [0.25, 0.3) is 0 Å². The molecule has 1 aliphatic heterocycles. The maximum atomic E-state index is 11.8. The second-order valence-corrected chi connectivity index (χ2v) is 4.17. The molecule has 1 saturated heterocycles. The normalized spacial score (nSPS) is 23.4. The number of hydrogen-bond acceptors (Lipinski definition) is 3. The van der Waals surface area contributed by atoms with Crippen LogP contribution >= 0.6 is 12.4 Å². The van der Waals surface area contributed by atoms with E-state index < -0.39 is 0 Å². The molecule has 5 nitrogen and oxygen atoms in total. The van der Waals surface area contributed by atoms with Crippen LogP contribution in [0.5, 0.6) is 0 Å². The number of hydrogen-bond donors (Lipinski definition) is 3. The van der Waals surface area contributed by atoms with E-state index in [9.17, 15) is 9.59 Å². The van der Waals surface area contributed by atoms with Crippen molar-refractivity contribution in [3.63, 3.8) is 0 Å². The Morgan fingerprint density at radius 3 is 2.62 bits per heavy atom. The van der Waals surface area contributed by atoms with Gasteiger partial charge in [-0.15, -0.1) is 12.4 Å². The highest BCUT2D eigenvalue weighted by atomic mass is 35.5. The van der Waals surface area contributed by atoms with E-state index in [1.807, 2.05) is 6.92 Å². The maximum absolute atomic E-state index is 11.8. The van der Waals surface area contributed by atoms with Crippen molar-refractivity contribution in [2.24, 2.45) is 5.41 Å². The third-order valence-corrected chi connectivity index (χ3v) is 2.83. The SMILES string of the molecule is CNC(=O)CCNC(=O)C1(C)CCNC1.Cl. The molecule has 0 aromatic heterocycles. The first-order valence-electron chi connectivity index (χ1n) is 5.28. The fraction of sp³-hybridized carbons (Fsp3) is 0.800. The molecule has 1 unspecified atom stereocenters. The fourth-order valence-corrected chi connectivity index (χ4v) is 1.64. The number of amides is 2. The number of nitrogens with one attached hydrogen (secondary N) is 3. The Morgan fingerprint density at radius 2 is 2.12 bits per heavy atom. The Hall–Kier alpha value is -0.810. The van der Waals surface area contributed by atoms with Gasteiger partial charge in [0.2, 0.25) is 11.8 Å². The molecular formula is C10H20ClN3O2. The second kappa shape index (κ2) is 6.70. The lowest BCUT2D eigenvalue weighted by Gasteiger charge is -2.21. The monoisotopic (exact) mass is 249 g/mol. The van der Waals surface area contributed by atoms with Gasteiger partial charge in [0.25, 0.3) is 0 Å². The number of carbonyl (C=O) groups excluding carboxylic acids is 2. The Kier molecular flexibility index (Phi) is 6.36. The average molecular weight is 250 g/mol. The van der Waals surface area contributed by atoms with Crippen molar-refractivity contribution >= 4 is 24.2 Å². The summed E-state index contributed by atoms with van der Waals surface area (Å²) in [5.41, 5.74) is -0.303. The summed E-state index contributed by atoms with van der Waals surface area (Å²) in [7, 11) is 1.59. The van der Waals surface area contributed by atoms with Gasteiger partial charge in [0.05, 0.1) is 5.41 Å². The molecule has 94 valence electrons. The molecule has 0 aliphatic carbocycles. The van der Waals surface area contributed by atoms with Crippen molar-refractivity contribution in [1.82, 2.24) is 16.0 Å². The summed E-state index contributed by atoms with van der Waals surface area (Å²) in [5.74, 6) is -0.0126. The van der Waals surface area contributed by atoms with Gasteiger partial charge in [-0.1, -0.05) is 0 Å². The van der Waals surface area contributed by atoms with Crippen LogP contribution in [-0.4, -0.2) is 38.5 Å². The molecule has 0 bridgehead atoms. The van der Waals surface area contributed by atoms with E-state index in [2.05, 4.69) is 16.0 Å². The highest BCUT2D eigenvalue weighted by molar-refractivity contribution is 5.85. The lowest BCUT2D eigenvalue weighted by molar-refractivity contribution is -0.129. The average Bonchev–Trinajstić information content (AvgIpc) is 2.66. The van der Waals surface area contributed by atoms with Crippen LogP contribution in [-0.2, 0) is 9.59 Å². The van der Waals surface area contributed by atoms with Gasteiger partial charge in [-0.25, -0.2) is 0 Å². The van der Waals surface area contributed by atoms with Gasteiger partial charge in [-0.2, -0.15) is 0 Å². The highest BCUT2D eigenvalue weighted by Gasteiger charge is 2.35. The lowest BCUT2D eigenvalue weighted by atomic mass is 9.89. The van der Waals surface area contributed by atoms with Gasteiger partial charge >= 0.3 is 0 Å². The van der Waals surface area contributed by atoms with E-state index in [4.69, 9.17) is 0 Å². The Balaban J connectivity index is 0.00000225. The molecule has 1 aliphatic rings. The van der Waals surface area contributed by atoms with Crippen LogP contribution in [0.3, 0.4) is 0 Å². The number of carbonyl (C=O) groups is 2. The minimum absolute atomic E-state index is 0. The molecule has 0 spiro atoms. The minimum Gasteiger partial charge on any atom is -0.359 e. The predicted molar refractivity (Wildman–Crippen MR) is 64.5 cm³/mol. The minimum atomic E-state index is -0.303. The summed E-state index contributed by atoms with van der Waals surface area (Å²) >= 11 is 0. The zero-order chi connectivity index (χ0) is 11.3. The second-order valence-electron chi connectivity index (χ2n) is 4.17. The van der Waals surface area contributed by atoms with Gasteiger partial charge in [-0.05, 0) is 19.9 Å². The Bertz CT molecular complexity index is 252. The van der Waals surface area contributed by atoms with Gasteiger partial charge in [0.1, 0.15) is 0 Å². The summed E-state index contributed by atoms with van der Waals surface area (Å²) in [6.45, 7) is 3.97. The van der Waals surface area contributed by atoms with E-state index in [0.29, 0.717) is 13.0 Å². The van der Waals surface area contributed by atoms with Gasteiger partial charge < -0.3 is 16.0 Å². The molecule has 16 heavy (non-hydrogen) atoms. The van der Waals surface area contributed by atoms with E-state index in [0.717, 1.165) is 19.5 Å². The molecule has 2 amide bonds. The first-order valence-corrected chi connectivity index (χ1v) is 5.28. The summed E-state index contributed by atoms with van der Waals surface area (Å²) < 4.78 is 0. The summed E-state index contributed by atoms with van der Waals surface area (Å²) in [4.78, 5) is 22.7. The van der Waals surface area contributed by atoms with Crippen molar-refractivity contribution in [1.29, 1.82) is 0 Å². The largest absolute Gasteiger partial charge is 0.359 e. The van der Waals surface area contributed by atoms with Gasteiger partial charge in [-0.3, -0.25) is 9.59 Å². The zero-order valence-corrected chi connectivity index (χ0v) is 10.6. The molecule has 1 fully saturated rings. The number of halogens is 1. The van der Waals surface area contributed by atoms with E-state index in [1.54, 1.807) is 7.05 Å². The molecule has 1 atom stereocenters. The van der Waals surface area contributed by atoms with Crippen LogP contribution in [0.4, 0.5) is 0 Å². The summed E-state index contributed by atoms with van der Waals surface area (Å²) in [5, 5.41) is 8.47. The van der Waals surface area contributed by atoms with E-state index in [1.165, 1.54) is 0 Å². The molecule has 0 saturated carbocycles. The Labute approximate surface area is 102 Å². The van der Waals surface area contributed by atoms with Crippen molar-refractivity contribution in [2.75, 3.05) is 26.7 Å². The van der Waals surface area contributed by atoms with Crippen LogP contribution in [0.2, 0.25) is 0 Å². The van der Waals surface area contributed by atoms with Gasteiger partial charge in [0, 0.05) is 26.6 Å². The van der Waals surface area contributed by atoms with Crippen LogP contribution in [0, 0.1) is 5.41 Å². The lowest BCUT2D eigenvalue weighted by Crippen LogP contribution is -2.41. The summed E-state index contributed by atoms with van der Waals surface area (Å²) in [6, 6.07) is 0. The molecule has 1 heterocycles. The standard InChI is InChI=1S/C10H19N3O2.ClH/c1-10(4-6-12-7-10)9(15)13-5-3-8(14)11-2;/h12H,3-7H2,1-2H3,(H,11,14)(H,13,15);1H. The topological polar surface area (TPSA) is 70.2 Å². The van der Waals surface area contributed by atoms with Crippen LogP contribution < -0.4 is 16.0 Å². The van der Waals surface area contributed by atoms with E-state index in [-0.39, 0.29) is 29.6 Å². The first-order chi connectivity index (χ1) is 7.08. The van der Waals surface area contributed by atoms with Crippen molar-refractivity contribution in [2.45, 2.75) is 19.8 Å². The molecule has 0 aromatic rings. The van der Waals surface area contributed by atoms with Crippen molar-refractivity contribution in [3.05, 3.63) is 0 Å². The smallest absolute Gasteiger partial charge is 0.227 e. The molecule has 0 aromatic carbocycles. The van der Waals surface area contributed by atoms with Crippen molar-refractivity contribution in [3.8, 4) is 0 Å². The fourth-order valence-electron chi connectivity index (χ4n) is 1.64. The van der Waals surface area contributed by atoms with Gasteiger partial charge in [0.15, 0.2) is 0 Å². The molecular weight excluding hydrogens is 230 g/mol.